The minimum absolute atomic E-state index is 0.0111. The molecule has 2 rings (SSSR count). The lowest BCUT2D eigenvalue weighted by Gasteiger charge is -2.15. The molecule has 0 spiro atoms. The molecule has 1 N–H and O–H groups in total. The third-order valence-electron chi connectivity index (χ3n) is 3.61. The Morgan fingerprint density at radius 1 is 1.19 bits per heavy atom. The Labute approximate surface area is 172 Å². The van der Waals surface area contributed by atoms with Crippen molar-refractivity contribution in [2.24, 2.45) is 0 Å². The molecule has 0 aliphatic carbocycles. The molecule has 0 aromatic heterocycles. The lowest BCUT2D eigenvalue weighted by molar-refractivity contribution is -0.120. The fourth-order valence-corrected chi connectivity index (χ4v) is 4.51. The van der Waals surface area contributed by atoms with Crippen LogP contribution in [0, 0.1) is 5.82 Å². The summed E-state index contributed by atoms with van der Waals surface area (Å²) in [4.78, 5) is 13.4. The molecule has 7 heteroatoms. The summed E-state index contributed by atoms with van der Waals surface area (Å²) in [6.45, 7) is 2.52. The maximum Gasteiger partial charge on any atom is 0.233 e. The highest BCUT2D eigenvalue weighted by Crippen LogP contribution is 2.27. The zero-order valence-corrected chi connectivity index (χ0v) is 17.5. The van der Waals surface area contributed by atoms with Crippen molar-refractivity contribution in [3.63, 3.8) is 0 Å². The number of carbonyl (C=O) groups excluding carboxylic acids is 1. The summed E-state index contributed by atoms with van der Waals surface area (Å²) in [5.41, 5.74) is 0.509. The second kappa shape index (κ2) is 11.1. The zero-order chi connectivity index (χ0) is 18.9. The van der Waals surface area contributed by atoms with E-state index in [-0.39, 0.29) is 17.0 Å². The van der Waals surface area contributed by atoms with Crippen molar-refractivity contribution < 1.29 is 9.18 Å². The normalized spacial score (nSPS) is 12.0. The molecule has 1 amide bonds. The number of thioether (sulfide) groups is 2. The molecule has 26 heavy (non-hydrogen) atoms. The van der Waals surface area contributed by atoms with Crippen LogP contribution in [-0.4, -0.2) is 23.5 Å². The van der Waals surface area contributed by atoms with Gasteiger partial charge in [0.15, 0.2) is 0 Å². The first-order valence-electron chi connectivity index (χ1n) is 8.21. The lowest BCUT2D eigenvalue weighted by atomic mass is 10.2. The predicted octanol–water partition coefficient (Wildman–Crippen LogP) is 6.05. The van der Waals surface area contributed by atoms with Gasteiger partial charge in [0.05, 0.1) is 5.25 Å². The number of hydrogen-bond acceptors (Lipinski definition) is 3. The first kappa shape index (κ1) is 21.4. The van der Waals surface area contributed by atoms with Crippen molar-refractivity contribution in [3.05, 3.63) is 63.9 Å². The Kier molecular flexibility index (Phi) is 9.12. The predicted molar refractivity (Wildman–Crippen MR) is 112 cm³/mol. The SMILES string of the molecule is CC[C@@H](Sc1ccc(Cl)cc1)C(=O)NCCSCc1c(F)cccc1Cl. The first-order chi connectivity index (χ1) is 12.5. The maximum atomic E-state index is 13.7. The van der Waals surface area contributed by atoms with Crippen LogP contribution in [0.15, 0.2) is 47.4 Å². The molecule has 0 aliphatic rings. The zero-order valence-electron chi connectivity index (χ0n) is 14.3. The third-order valence-corrected chi connectivity index (χ3v) is 6.58. The topological polar surface area (TPSA) is 29.1 Å². The van der Waals surface area contributed by atoms with Crippen LogP contribution in [0.2, 0.25) is 10.0 Å². The van der Waals surface area contributed by atoms with Crippen LogP contribution >= 0.6 is 46.7 Å². The largest absolute Gasteiger partial charge is 0.354 e. The van der Waals surface area contributed by atoms with Crippen molar-refractivity contribution >= 4 is 52.6 Å². The van der Waals surface area contributed by atoms with E-state index in [1.807, 2.05) is 31.2 Å². The molecule has 2 aromatic carbocycles. The second-order valence-corrected chi connectivity index (χ2v) is 8.74. The van der Waals surface area contributed by atoms with Crippen LogP contribution in [-0.2, 0) is 10.5 Å². The summed E-state index contributed by atoms with van der Waals surface area (Å²) in [7, 11) is 0. The molecule has 0 radical (unpaired) electrons. The minimum atomic E-state index is -0.292. The molecule has 0 fully saturated rings. The molecule has 0 aliphatic heterocycles. The van der Waals surface area contributed by atoms with E-state index in [9.17, 15) is 9.18 Å². The van der Waals surface area contributed by atoms with Gasteiger partial charge in [-0.05, 0) is 42.8 Å². The van der Waals surface area contributed by atoms with E-state index in [1.165, 1.54) is 17.8 Å². The molecular weight excluding hydrogens is 412 g/mol. The van der Waals surface area contributed by atoms with Gasteiger partial charge in [0.25, 0.3) is 0 Å². The van der Waals surface area contributed by atoms with Gasteiger partial charge >= 0.3 is 0 Å². The highest BCUT2D eigenvalue weighted by Gasteiger charge is 2.17. The molecule has 0 unspecified atom stereocenters. The van der Waals surface area contributed by atoms with Crippen LogP contribution in [0.4, 0.5) is 4.39 Å². The molecule has 2 aromatic rings. The van der Waals surface area contributed by atoms with E-state index in [4.69, 9.17) is 23.2 Å². The fourth-order valence-electron chi connectivity index (χ4n) is 2.20. The fraction of sp³-hybridized carbons (Fsp3) is 0.316. The van der Waals surface area contributed by atoms with E-state index >= 15 is 0 Å². The Balaban J connectivity index is 1.73. The number of carbonyl (C=O) groups is 1. The van der Waals surface area contributed by atoms with Gasteiger partial charge in [-0.1, -0.05) is 36.2 Å². The summed E-state index contributed by atoms with van der Waals surface area (Å²) < 4.78 is 13.7. The van der Waals surface area contributed by atoms with Gasteiger partial charge in [0.2, 0.25) is 5.91 Å². The smallest absolute Gasteiger partial charge is 0.233 e. The molecule has 0 heterocycles. The van der Waals surface area contributed by atoms with Crippen LogP contribution in [0.5, 0.6) is 0 Å². The number of amides is 1. The summed E-state index contributed by atoms with van der Waals surface area (Å²) in [6.07, 6.45) is 0.733. The van der Waals surface area contributed by atoms with E-state index < -0.39 is 0 Å². The summed E-state index contributed by atoms with van der Waals surface area (Å²) in [5, 5.41) is 3.91. The van der Waals surface area contributed by atoms with Crippen molar-refractivity contribution in [1.82, 2.24) is 5.32 Å². The summed E-state index contributed by atoms with van der Waals surface area (Å²) in [5.74, 6) is 0.896. The van der Waals surface area contributed by atoms with Gasteiger partial charge in [-0.2, -0.15) is 11.8 Å². The van der Waals surface area contributed by atoms with Crippen LogP contribution in [0.25, 0.3) is 0 Å². The minimum Gasteiger partial charge on any atom is -0.354 e. The average Bonchev–Trinajstić information content (AvgIpc) is 2.63. The highest BCUT2D eigenvalue weighted by atomic mass is 35.5. The molecule has 2 nitrogen and oxygen atoms in total. The Morgan fingerprint density at radius 2 is 1.92 bits per heavy atom. The number of benzene rings is 2. The van der Waals surface area contributed by atoms with E-state index in [0.29, 0.717) is 33.7 Å². The lowest BCUT2D eigenvalue weighted by Crippen LogP contribution is -2.33. The van der Waals surface area contributed by atoms with Crippen molar-refractivity contribution in [3.8, 4) is 0 Å². The standard InChI is InChI=1S/C19H20Cl2FNOS2/c1-2-18(26-14-8-6-13(20)7-9-14)19(24)23-10-11-25-12-15-16(21)4-3-5-17(15)22/h3-9,18H,2,10-12H2,1H3,(H,23,24)/t18-/m1/s1. The number of hydrogen-bond donors (Lipinski definition) is 1. The monoisotopic (exact) mass is 431 g/mol. The molecule has 140 valence electrons. The number of rotatable bonds is 9. The van der Waals surface area contributed by atoms with Gasteiger partial charge in [0, 0.05) is 38.6 Å². The summed E-state index contributed by atoms with van der Waals surface area (Å²) >= 11 is 15.0. The van der Waals surface area contributed by atoms with Crippen LogP contribution < -0.4 is 5.32 Å². The van der Waals surface area contributed by atoms with Gasteiger partial charge < -0.3 is 5.32 Å². The number of halogens is 3. The first-order valence-corrected chi connectivity index (χ1v) is 11.0. The molecular formula is C19H20Cl2FNOS2. The second-order valence-electron chi connectivity index (χ2n) is 5.51. The third kappa shape index (κ3) is 6.69. The van der Waals surface area contributed by atoms with Crippen LogP contribution in [0.3, 0.4) is 0 Å². The van der Waals surface area contributed by atoms with Gasteiger partial charge in [-0.3, -0.25) is 4.79 Å². The Bertz CT molecular complexity index is 708. The average molecular weight is 432 g/mol. The van der Waals surface area contributed by atoms with Gasteiger partial charge in [-0.25, -0.2) is 4.39 Å². The van der Waals surface area contributed by atoms with E-state index in [0.717, 1.165) is 11.3 Å². The van der Waals surface area contributed by atoms with Gasteiger partial charge in [-0.15, -0.1) is 11.8 Å². The quantitative estimate of drug-likeness (QED) is 0.386. The van der Waals surface area contributed by atoms with Crippen LogP contribution in [0.1, 0.15) is 18.9 Å². The van der Waals surface area contributed by atoms with Crippen molar-refractivity contribution in [2.75, 3.05) is 12.3 Å². The molecule has 1 atom stereocenters. The molecule has 0 saturated carbocycles. The Morgan fingerprint density at radius 3 is 2.58 bits per heavy atom. The highest BCUT2D eigenvalue weighted by molar-refractivity contribution is 8.00. The van der Waals surface area contributed by atoms with E-state index in [2.05, 4.69) is 5.32 Å². The van der Waals surface area contributed by atoms with Gasteiger partial charge in [0.1, 0.15) is 5.82 Å². The Hall–Kier alpha value is -0.880. The molecule has 0 bridgehead atoms. The van der Waals surface area contributed by atoms with E-state index in [1.54, 1.807) is 23.9 Å². The van der Waals surface area contributed by atoms with Crippen molar-refractivity contribution in [2.45, 2.75) is 29.2 Å². The summed E-state index contributed by atoms with van der Waals surface area (Å²) in [6, 6.07) is 12.1. The molecule has 0 saturated heterocycles. The number of nitrogens with one attached hydrogen (secondary N) is 1. The van der Waals surface area contributed by atoms with Crippen molar-refractivity contribution in [1.29, 1.82) is 0 Å². The maximum absolute atomic E-state index is 13.7.